The van der Waals surface area contributed by atoms with Gasteiger partial charge in [0.25, 0.3) is 0 Å². The fourth-order valence-corrected chi connectivity index (χ4v) is 6.24. The Kier molecular flexibility index (Phi) is 5.13. The van der Waals surface area contributed by atoms with Crippen LogP contribution >= 0.6 is 0 Å². The fraction of sp³-hybridized carbons (Fsp3) is 0.680. The number of Topliss-reactive ketones (excluding diaryl/α,β-unsaturated/α-hetero) is 1. The van der Waals surface area contributed by atoms with Crippen molar-refractivity contribution in [1.29, 1.82) is 0 Å². The van der Waals surface area contributed by atoms with Crippen molar-refractivity contribution in [2.75, 3.05) is 0 Å². The van der Waals surface area contributed by atoms with E-state index in [0.717, 1.165) is 24.0 Å². The number of fused-ring (bicyclic) bond motifs is 1. The summed E-state index contributed by atoms with van der Waals surface area (Å²) in [6, 6.07) is 0. The number of esters is 1. The van der Waals surface area contributed by atoms with E-state index in [-0.39, 0.29) is 24.1 Å². The summed E-state index contributed by atoms with van der Waals surface area (Å²) in [5.41, 5.74) is 3.67. The summed E-state index contributed by atoms with van der Waals surface area (Å²) < 4.78 is 12.1. The Morgan fingerprint density at radius 1 is 1.24 bits per heavy atom. The number of ketones is 1. The van der Waals surface area contributed by atoms with E-state index < -0.39 is 5.60 Å². The van der Waals surface area contributed by atoms with E-state index in [2.05, 4.69) is 40.7 Å². The van der Waals surface area contributed by atoms with Crippen LogP contribution in [-0.4, -0.2) is 29.6 Å². The minimum absolute atomic E-state index is 0.126. The maximum Gasteiger partial charge on any atom is 0.331 e. The molecule has 0 radical (unpaired) electrons. The first-order chi connectivity index (χ1) is 13.6. The molecule has 0 aromatic carbocycles. The Labute approximate surface area is 174 Å². The lowest BCUT2D eigenvalue weighted by Gasteiger charge is -2.37. The van der Waals surface area contributed by atoms with Crippen LogP contribution < -0.4 is 0 Å². The number of carbonyl (C=O) groups excluding carboxylic acids is 2. The van der Waals surface area contributed by atoms with Crippen LogP contribution in [-0.2, 0) is 19.1 Å². The molecule has 0 amide bonds. The van der Waals surface area contributed by atoms with Gasteiger partial charge in [-0.3, -0.25) is 4.79 Å². The summed E-state index contributed by atoms with van der Waals surface area (Å²) in [5.74, 6) is 1.43. The van der Waals surface area contributed by atoms with Crippen molar-refractivity contribution in [3.8, 4) is 0 Å². The van der Waals surface area contributed by atoms with Crippen molar-refractivity contribution in [2.45, 2.75) is 85.0 Å². The largest absolute Gasteiger partial charge is 0.455 e. The van der Waals surface area contributed by atoms with Gasteiger partial charge in [-0.1, -0.05) is 25.5 Å². The third-order valence-electron chi connectivity index (χ3n) is 7.70. The van der Waals surface area contributed by atoms with Crippen molar-refractivity contribution in [2.24, 2.45) is 23.7 Å². The van der Waals surface area contributed by atoms with Crippen molar-refractivity contribution < 1.29 is 19.1 Å². The highest BCUT2D eigenvalue weighted by Crippen LogP contribution is 2.56. The van der Waals surface area contributed by atoms with Crippen LogP contribution in [0, 0.1) is 23.7 Å². The molecule has 4 nitrogen and oxygen atoms in total. The minimum Gasteiger partial charge on any atom is -0.455 e. The first-order valence-corrected chi connectivity index (χ1v) is 11.1. The quantitative estimate of drug-likeness (QED) is 0.497. The number of rotatable bonds is 4. The second kappa shape index (κ2) is 7.23. The predicted octanol–water partition coefficient (Wildman–Crippen LogP) is 4.94. The molecule has 7 atom stereocenters. The highest BCUT2D eigenvalue weighted by atomic mass is 16.5. The van der Waals surface area contributed by atoms with Gasteiger partial charge in [-0.25, -0.2) is 4.79 Å². The zero-order valence-electron chi connectivity index (χ0n) is 18.6. The van der Waals surface area contributed by atoms with Gasteiger partial charge >= 0.3 is 5.97 Å². The number of ether oxygens (including phenoxy) is 2. The zero-order valence-corrected chi connectivity index (χ0v) is 18.6. The highest BCUT2D eigenvalue weighted by molar-refractivity contribution is 6.02. The third-order valence-corrected chi connectivity index (χ3v) is 7.70. The lowest BCUT2D eigenvalue weighted by atomic mass is 9.65. The van der Waals surface area contributed by atoms with Gasteiger partial charge < -0.3 is 9.47 Å². The number of hydrogen-bond acceptors (Lipinski definition) is 4. The molecule has 0 bridgehead atoms. The number of allylic oxidation sites excluding steroid dienone is 1. The van der Waals surface area contributed by atoms with Crippen molar-refractivity contribution in [3.63, 3.8) is 0 Å². The van der Waals surface area contributed by atoms with Crippen molar-refractivity contribution in [1.82, 2.24) is 0 Å². The van der Waals surface area contributed by atoms with Gasteiger partial charge in [-0.15, -0.1) is 0 Å². The molecule has 4 rings (SSSR count). The number of carbonyl (C=O) groups is 2. The van der Waals surface area contributed by atoms with Crippen LogP contribution in [0.25, 0.3) is 0 Å². The van der Waals surface area contributed by atoms with Crippen LogP contribution in [0.2, 0.25) is 0 Å². The molecule has 0 spiro atoms. The maximum atomic E-state index is 13.7. The summed E-state index contributed by atoms with van der Waals surface area (Å²) in [7, 11) is 0. The first-order valence-electron chi connectivity index (χ1n) is 11.1. The second-order valence-corrected chi connectivity index (χ2v) is 10.1. The lowest BCUT2D eigenvalue weighted by Crippen LogP contribution is -2.41. The Morgan fingerprint density at radius 3 is 2.59 bits per heavy atom. The molecule has 2 heterocycles. The van der Waals surface area contributed by atoms with E-state index in [1.54, 1.807) is 6.08 Å². The molecule has 4 heteroatoms. The van der Waals surface area contributed by atoms with E-state index in [0.29, 0.717) is 36.4 Å². The molecule has 2 aliphatic heterocycles. The smallest absolute Gasteiger partial charge is 0.331 e. The van der Waals surface area contributed by atoms with Gasteiger partial charge in [0, 0.05) is 17.6 Å². The SMILES string of the molecule is CC(C)=C[C@H]1O[C@@](C)(CC[C@@H]2OC(=O)C=C2C)C2=C1[C@@H](C)[C@@H]1CC[C@H](C)[C@@H]1C2=O. The van der Waals surface area contributed by atoms with Gasteiger partial charge in [0.05, 0.1) is 11.7 Å². The average molecular weight is 399 g/mol. The van der Waals surface area contributed by atoms with Crippen molar-refractivity contribution >= 4 is 11.8 Å². The molecule has 1 saturated carbocycles. The van der Waals surface area contributed by atoms with Crippen LogP contribution in [0.4, 0.5) is 0 Å². The molecular formula is C25H34O4. The van der Waals surface area contributed by atoms with E-state index in [1.165, 1.54) is 11.1 Å². The molecule has 4 aliphatic rings. The van der Waals surface area contributed by atoms with E-state index in [1.807, 2.05) is 6.92 Å². The molecule has 0 aromatic rings. The Bertz CT molecular complexity index is 828. The van der Waals surface area contributed by atoms with Crippen LogP contribution in [0.1, 0.15) is 67.2 Å². The summed E-state index contributed by atoms with van der Waals surface area (Å²) in [6.45, 7) is 12.7. The topological polar surface area (TPSA) is 52.6 Å². The highest BCUT2D eigenvalue weighted by Gasteiger charge is 2.56. The molecule has 0 aromatic heterocycles. The summed E-state index contributed by atoms with van der Waals surface area (Å²) >= 11 is 0. The normalized spacial score (nSPS) is 41.2. The molecule has 158 valence electrons. The van der Waals surface area contributed by atoms with Crippen LogP contribution in [0.15, 0.2) is 34.4 Å². The third kappa shape index (κ3) is 3.34. The lowest BCUT2D eigenvalue weighted by molar-refractivity contribution is -0.139. The number of hydrogen-bond donors (Lipinski definition) is 0. The summed E-state index contributed by atoms with van der Waals surface area (Å²) in [5, 5.41) is 0. The second-order valence-electron chi connectivity index (χ2n) is 10.1. The standard InChI is InChI=1S/C25H34O4/c1-13(2)11-19-22-16(5)17-8-7-14(3)21(17)24(27)23(22)25(6,29-19)10-9-18-15(4)12-20(26)28-18/h11-12,14,16-19,21H,7-10H2,1-6H3/t14-,16-,17-,18-,19+,21-,25-/m0/s1. The van der Waals surface area contributed by atoms with E-state index in [9.17, 15) is 9.59 Å². The average Bonchev–Trinajstić information content (AvgIpc) is 3.25. The monoisotopic (exact) mass is 398 g/mol. The Hall–Kier alpha value is -1.68. The molecule has 0 unspecified atom stereocenters. The first kappa shape index (κ1) is 20.6. The van der Waals surface area contributed by atoms with E-state index >= 15 is 0 Å². The van der Waals surface area contributed by atoms with Gasteiger partial charge in [-0.2, -0.15) is 0 Å². The molecule has 0 saturated heterocycles. The Balaban J connectivity index is 1.68. The summed E-state index contributed by atoms with van der Waals surface area (Å²) in [6.07, 6.45) is 7.03. The van der Waals surface area contributed by atoms with E-state index in [4.69, 9.17) is 9.47 Å². The maximum absolute atomic E-state index is 13.7. The van der Waals surface area contributed by atoms with Gasteiger partial charge in [0.1, 0.15) is 6.10 Å². The minimum atomic E-state index is -0.625. The van der Waals surface area contributed by atoms with Gasteiger partial charge in [0.2, 0.25) is 0 Å². The fourth-order valence-electron chi connectivity index (χ4n) is 6.24. The van der Waals surface area contributed by atoms with Crippen molar-refractivity contribution in [3.05, 3.63) is 34.4 Å². The molecule has 1 fully saturated rings. The Morgan fingerprint density at radius 2 is 1.97 bits per heavy atom. The van der Waals surface area contributed by atoms with Gasteiger partial charge in [-0.05, 0) is 82.3 Å². The van der Waals surface area contributed by atoms with Crippen LogP contribution in [0.3, 0.4) is 0 Å². The molecule has 0 N–H and O–H groups in total. The van der Waals surface area contributed by atoms with Crippen LogP contribution in [0.5, 0.6) is 0 Å². The molecule has 29 heavy (non-hydrogen) atoms. The van der Waals surface area contributed by atoms with Gasteiger partial charge in [0.15, 0.2) is 5.78 Å². The summed E-state index contributed by atoms with van der Waals surface area (Å²) in [4.78, 5) is 25.3. The zero-order chi connectivity index (χ0) is 21.1. The predicted molar refractivity (Wildman–Crippen MR) is 112 cm³/mol. The number of cyclic esters (lactones) is 1. The molecular weight excluding hydrogens is 364 g/mol. The molecule has 2 aliphatic carbocycles.